The van der Waals surface area contributed by atoms with E-state index in [1.807, 2.05) is 7.11 Å². The molecule has 0 aliphatic carbocycles. The summed E-state index contributed by atoms with van der Waals surface area (Å²) >= 11 is 0. The fourth-order valence-corrected chi connectivity index (χ4v) is 3.21. The van der Waals surface area contributed by atoms with E-state index in [2.05, 4.69) is 43.4 Å². The summed E-state index contributed by atoms with van der Waals surface area (Å²) in [6.07, 6.45) is 4.60. The topological polar surface area (TPSA) is 30.5 Å². The van der Waals surface area contributed by atoms with E-state index in [1.165, 1.54) is 11.1 Å². The summed E-state index contributed by atoms with van der Waals surface area (Å²) in [6.45, 7) is 6.24. The lowest BCUT2D eigenvalue weighted by molar-refractivity contribution is 0.000861. The van der Waals surface area contributed by atoms with Gasteiger partial charge in [-0.05, 0) is 43.4 Å². The van der Waals surface area contributed by atoms with Crippen LogP contribution < -0.4 is 5.32 Å². The zero-order valence-corrected chi connectivity index (χ0v) is 13.6. The van der Waals surface area contributed by atoms with Gasteiger partial charge in [-0.1, -0.05) is 38.1 Å². The molecule has 3 heteroatoms. The maximum atomic E-state index is 6.06. The van der Waals surface area contributed by atoms with E-state index >= 15 is 0 Å². The first kappa shape index (κ1) is 16.5. The van der Waals surface area contributed by atoms with E-state index in [1.54, 1.807) is 0 Å². The highest BCUT2D eigenvalue weighted by molar-refractivity contribution is 5.31. The first-order valence-electron chi connectivity index (χ1n) is 8.25. The minimum Gasteiger partial charge on any atom is -0.380 e. The third-order valence-corrected chi connectivity index (χ3v) is 4.37. The van der Waals surface area contributed by atoms with Gasteiger partial charge in [-0.15, -0.1) is 0 Å². The van der Waals surface area contributed by atoms with Crippen molar-refractivity contribution in [3.63, 3.8) is 0 Å². The molecule has 1 aromatic carbocycles. The minimum absolute atomic E-state index is 0.188. The van der Waals surface area contributed by atoms with Crippen molar-refractivity contribution < 1.29 is 9.47 Å². The molecule has 0 fully saturated rings. The molecule has 1 heterocycles. The standard InChI is InChI=1S/C18H29NO2/c1-4-11-19-16(17(5-2)20-3)13-18-15-9-7-6-8-14(15)10-12-21-18/h6-9,16-19H,4-5,10-13H2,1-3H3. The highest BCUT2D eigenvalue weighted by Gasteiger charge is 2.27. The molecule has 21 heavy (non-hydrogen) atoms. The Balaban J connectivity index is 2.09. The van der Waals surface area contributed by atoms with Crippen LogP contribution in [0, 0.1) is 0 Å². The summed E-state index contributed by atoms with van der Waals surface area (Å²) in [5, 5.41) is 3.64. The lowest BCUT2D eigenvalue weighted by Gasteiger charge is -2.33. The van der Waals surface area contributed by atoms with Crippen LogP contribution in [0.4, 0.5) is 0 Å². The van der Waals surface area contributed by atoms with E-state index in [4.69, 9.17) is 9.47 Å². The fourth-order valence-electron chi connectivity index (χ4n) is 3.21. The monoisotopic (exact) mass is 291 g/mol. The van der Waals surface area contributed by atoms with Crippen molar-refractivity contribution in [2.75, 3.05) is 20.3 Å². The Morgan fingerprint density at radius 3 is 2.86 bits per heavy atom. The molecule has 0 aromatic heterocycles. The van der Waals surface area contributed by atoms with E-state index < -0.39 is 0 Å². The van der Waals surface area contributed by atoms with Crippen LogP contribution in [-0.2, 0) is 15.9 Å². The van der Waals surface area contributed by atoms with Gasteiger partial charge >= 0.3 is 0 Å². The largest absolute Gasteiger partial charge is 0.380 e. The Morgan fingerprint density at radius 1 is 1.33 bits per heavy atom. The maximum Gasteiger partial charge on any atom is 0.0843 e. The fraction of sp³-hybridized carbons (Fsp3) is 0.667. The van der Waals surface area contributed by atoms with Crippen LogP contribution in [0.1, 0.15) is 50.3 Å². The number of hydrogen-bond acceptors (Lipinski definition) is 3. The number of methoxy groups -OCH3 is 1. The summed E-state index contributed by atoms with van der Waals surface area (Å²) in [6, 6.07) is 9.02. The molecule has 0 bridgehead atoms. The Morgan fingerprint density at radius 2 is 2.14 bits per heavy atom. The second kappa shape index (κ2) is 8.52. The highest BCUT2D eigenvalue weighted by Crippen LogP contribution is 2.31. The molecule has 1 aromatic rings. The van der Waals surface area contributed by atoms with Gasteiger partial charge in [0, 0.05) is 13.2 Å². The van der Waals surface area contributed by atoms with Gasteiger partial charge in [-0.2, -0.15) is 0 Å². The molecular weight excluding hydrogens is 262 g/mol. The van der Waals surface area contributed by atoms with Gasteiger partial charge in [0.25, 0.3) is 0 Å². The predicted octanol–water partition coefficient (Wildman–Crippen LogP) is 3.48. The van der Waals surface area contributed by atoms with Crippen molar-refractivity contribution in [2.24, 2.45) is 0 Å². The molecule has 1 aliphatic rings. The molecule has 2 rings (SSSR count). The molecule has 3 atom stereocenters. The molecular formula is C18H29NO2. The van der Waals surface area contributed by atoms with Gasteiger partial charge in [-0.3, -0.25) is 0 Å². The van der Waals surface area contributed by atoms with Crippen molar-refractivity contribution >= 4 is 0 Å². The Bertz CT molecular complexity index is 417. The molecule has 0 amide bonds. The van der Waals surface area contributed by atoms with E-state index in [0.717, 1.165) is 38.8 Å². The van der Waals surface area contributed by atoms with Crippen LogP contribution in [0.15, 0.2) is 24.3 Å². The van der Waals surface area contributed by atoms with Crippen LogP contribution in [0.2, 0.25) is 0 Å². The van der Waals surface area contributed by atoms with Gasteiger partial charge in [0.2, 0.25) is 0 Å². The molecule has 0 saturated carbocycles. The summed E-state index contributed by atoms with van der Waals surface area (Å²) in [4.78, 5) is 0. The SMILES string of the molecule is CCCNC(CC1OCCc2ccccc21)C(CC)OC. The molecule has 0 saturated heterocycles. The molecule has 3 unspecified atom stereocenters. The van der Waals surface area contributed by atoms with Crippen molar-refractivity contribution in [2.45, 2.75) is 57.8 Å². The zero-order chi connectivity index (χ0) is 15.1. The van der Waals surface area contributed by atoms with Crippen molar-refractivity contribution in [1.82, 2.24) is 5.32 Å². The molecule has 0 radical (unpaired) electrons. The van der Waals surface area contributed by atoms with Crippen LogP contribution in [-0.4, -0.2) is 32.4 Å². The van der Waals surface area contributed by atoms with Crippen LogP contribution in [0.3, 0.4) is 0 Å². The van der Waals surface area contributed by atoms with Gasteiger partial charge in [0.15, 0.2) is 0 Å². The van der Waals surface area contributed by atoms with Gasteiger partial charge < -0.3 is 14.8 Å². The average molecular weight is 291 g/mol. The second-order valence-corrected chi connectivity index (χ2v) is 5.79. The van der Waals surface area contributed by atoms with Crippen molar-refractivity contribution in [3.8, 4) is 0 Å². The van der Waals surface area contributed by atoms with Crippen molar-refractivity contribution in [1.29, 1.82) is 0 Å². The Labute approximate surface area is 129 Å². The van der Waals surface area contributed by atoms with Crippen LogP contribution in [0.25, 0.3) is 0 Å². The predicted molar refractivity (Wildman–Crippen MR) is 86.6 cm³/mol. The smallest absolute Gasteiger partial charge is 0.0843 e. The van der Waals surface area contributed by atoms with Crippen molar-refractivity contribution in [3.05, 3.63) is 35.4 Å². The van der Waals surface area contributed by atoms with E-state index in [-0.39, 0.29) is 12.2 Å². The first-order valence-corrected chi connectivity index (χ1v) is 8.25. The lowest BCUT2D eigenvalue weighted by atomic mass is 9.91. The quantitative estimate of drug-likeness (QED) is 0.795. The van der Waals surface area contributed by atoms with Gasteiger partial charge in [-0.25, -0.2) is 0 Å². The third-order valence-electron chi connectivity index (χ3n) is 4.37. The molecule has 1 aliphatic heterocycles. The normalized spacial score (nSPS) is 20.8. The molecule has 118 valence electrons. The summed E-state index contributed by atoms with van der Waals surface area (Å²) in [7, 11) is 1.81. The number of benzene rings is 1. The number of hydrogen-bond donors (Lipinski definition) is 1. The first-order chi connectivity index (χ1) is 10.3. The average Bonchev–Trinajstić information content (AvgIpc) is 2.53. The Hall–Kier alpha value is -0.900. The number of rotatable bonds is 8. The third kappa shape index (κ3) is 4.29. The Kier molecular flexibility index (Phi) is 6.68. The van der Waals surface area contributed by atoms with Crippen LogP contribution in [0.5, 0.6) is 0 Å². The molecule has 3 nitrogen and oxygen atoms in total. The highest BCUT2D eigenvalue weighted by atomic mass is 16.5. The van der Waals surface area contributed by atoms with Gasteiger partial charge in [0.05, 0.1) is 18.8 Å². The minimum atomic E-state index is 0.188. The van der Waals surface area contributed by atoms with Crippen LogP contribution >= 0.6 is 0 Å². The lowest BCUT2D eigenvalue weighted by Crippen LogP contribution is -2.42. The second-order valence-electron chi connectivity index (χ2n) is 5.79. The number of nitrogens with one attached hydrogen (secondary N) is 1. The van der Waals surface area contributed by atoms with E-state index in [9.17, 15) is 0 Å². The summed E-state index contributed by atoms with van der Waals surface area (Å²) in [5.41, 5.74) is 2.80. The molecule has 0 spiro atoms. The maximum absolute atomic E-state index is 6.06. The number of ether oxygens (including phenoxy) is 2. The van der Waals surface area contributed by atoms with Gasteiger partial charge in [0.1, 0.15) is 0 Å². The zero-order valence-electron chi connectivity index (χ0n) is 13.6. The van der Waals surface area contributed by atoms with E-state index in [0.29, 0.717) is 6.04 Å². The number of fused-ring (bicyclic) bond motifs is 1. The summed E-state index contributed by atoms with van der Waals surface area (Å²) in [5.74, 6) is 0. The molecule has 1 N–H and O–H groups in total. The summed E-state index contributed by atoms with van der Waals surface area (Å²) < 4.78 is 11.7.